The minimum atomic E-state index is -3.71. The SMILES string of the molecule is Cc1cccc(C)c1NS(=O)(=O)c1cnc(Cl)nc1. The Kier molecular flexibility index (Phi) is 3.73. The Hall–Kier alpha value is -1.66. The van der Waals surface area contributed by atoms with Crippen molar-refractivity contribution in [3.05, 3.63) is 47.0 Å². The van der Waals surface area contributed by atoms with Gasteiger partial charge in [0.05, 0.1) is 18.1 Å². The van der Waals surface area contributed by atoms with Crippen molar-refractivity contribution in [1.29, 1.82) is 0 Å². The lowest BCUT2D eigenvalue weighted by atomic mass is 10.1. The van der Waals surface area contributed by atoms with Crippen LogP contribution in [0.15, 0.2) is 35.5 Å². The number of aryl methyl sites for hydroxylation is 2. The van der Waals surface area contributed by atoms with E-state index in [2.05, 4.69) is 14.7 Å². The average Bonchev–Trinajstić information content (AvgIpc) is 2.35. The molecule has 0 amide bonds. The fourth-order valence-corrected chi connectivity index (χ4v) is 2.80. The first-order valence-corrected chi connectivity index (χ1v) is 7.33. The van der Waals surface area contributed by atoms with Crippen LogP contribution in [0.25, 0.3) is 0 Å². The Morgan fingerprint density at radius 2 is 1.63 bits per heavy atom. The van der Waals surface area contributed by atoms with E-state index >= 15 is 0 Å². The van der Waals surface area contributed by atoms with Gasteiger partial charge in [0.25, 0.3) is 10.0 Å². The molecule has 1 heterocycles. The fraction of sp³-hybridized carbons (Fsp3) is 0.167. The second-order valence-corrected chi connectivity index (χ2v) is 6.08. The summed E-state index contributed by atoms with van der Waals surface area (Å²) in [4.78, 5) is 7.31. The molecule has 0 saturated carbocycles. The van der Waals surface area contributed by atoms with Crippen molar-refractivity contribution in [2.45, 2.75) is 18.7 Å². The first kappa shape index (κ1) is 13.8. The van der Waals surface area contributed by atoms with E-state index in [1.54, 1.807) is 0 Å². The van der Waals surface area contributed by atoms with E-state index in [-0.39, 0.29) is 10.2 Å². The monoisotopic (exact) mass is 297 g/mol. The highest BCUT2D eigenvalue weighted by molar-refractivity contribution is 7.92. The molecule has 1 aromatic heterocycles. The zero-order chi connectivity index (χ0) is 14.0. The quantitative estimate of drug-likeness (QED) is 0.884. The third kappa shape index (κ3) is 3.02. The molecule has 0 unspecified atom stereocenters. The second kappa shape index (κ2) is 5.14. The van der Waals surface area contributed by atoms with Crippen LogP contribution < -0.4 is 4.72 Å². The maximum absolute atomic E-state index is 12.2. The minimum Gasteiger partial charge on any atom is -0.279 e. The van der Waals surface area contributed by atoms with Gasteiger partial charge in [-0.05, 0) is 36.6 Å². The first-order chi connectivity index (χ1) is 8.90. The van der Waals surface area contributed by atoms with Crippen LogP contribution in [0, 0.1) is 13.8 Å². The molecule has 100 valence electrons. The van der Waals surface area contributed by atoms with Gasteiger partial charge in [0.2, 0.25) is 5.28 Å². The Bertz CT molecular complexity index is 679. The van der Waals surface area contributed by atoms with Crippen molar-refractivity contribution >= 4 is 27.3 Å². The standard InChI is InChI=1S/C12H12ClN3O2S/c1-8-4-3-5-9(2)11(8)16-19(17,18)10-6-14-12(13)15-7-10/h3-7,16H,1-2H3. The van der Waals surface area contributed by atoms with E-state index in [1.807, 2.05) is 32.0 Å². The molecule has 1 aromatic carbocycles. The van der Waals surface area contributed by atoms with Crippen LogP contribution in [0.2, 0.25) is 5.28 Å². The normalized spacial score (nSPS) is 11.3. The number of nitrogens with one attached hydrogen (secondary N) is 1. The number of nitrogens with zero attached hydrogens (tertiary/aromatic N) is 2. The summed E-state index contributed by atoms with van der Waals surface area (Å²) >= 11 is 5.53. The number of para-hydroxylation sites is 1. The van der Waals surface area contributed by atoms with Gasteiger partial charge in [-0.3, -0.25) is 4.72 Å². The molecule has 0 aliphatic carbocycles. The van der Waals surface area contributed by atoms with E-state index < -0.39 is 10.0 Å². The smallest absolute Gasteiger partial charge is 0.264 e. The number of sulfonamides is 1. The molecular formula is C12H12ClN3O2S. The average molecular weight is 298 g/mol. The van der Waals surface area contributed by atoms with E-state index in [4.69, 9.17) is 11.6 Å². The summed E-state index contributed by atoms with van der Waals surface area (Å²) in [7, 11) is -3.71. The Morgan fingerprint density at radius 1 is 1.11 bits per heavy atom. The van der Waals surface area contributed by atoms with Crippen LogP contribution in [0.3, 0.4) is 0 Å². The highest BCUT2D eigenvalue weighted by Crippen LogP contribution is 2.23. The van der Waals surface area contributed by atoms with Crippen LogP contribution in [-0.2, 0) is 10.0 Å². The lowest BCUT2D eigenvalue weighted by Crippen LogP contribution is -2.15. The van der Waals surface area contributed by atoms with Crippen molar-refractivity contribution in [2.75, 3.05) is 4.72 Å². The van der Waals surface area contributed by atoms with Gasteiger partial charge in [0.15, 0.2) is 0 Å². The maximum Gasteiger partial charge on any atom is 0.264 e. The van der Waals surface area contributed by atoms with Crippen molar-refractivity contribution < 1.29 is 8.42 Å². The Balaban J connectivity index is 2.39. The minimum absolute atomic E-state index is 0.00558. The molecule has 0 spiro atoms. The molecule has 5 nitrogen and oxygen atoms in total. The molecule has 0 radical (unpaired) electrons. The molecule has 1 N–H and O–H groups in total. The summed E-state index contributed by atoms with van der Waals surface area (Å²) in [6.45, 7) is 3.67. The van der Waals surface area contributed by atoms with Gasteiger partial charge < -0.3 is 0 Å². The summed E-state index contributed by atoms with van der Waals surface area (Å²) in [6, 6.07) is 5.54. The van der Waals surface area contributed by atoms with Gasteiger partial charge in [-0.25, -0.2) is 18.4 Å². The van der Waals surface area contributed by atoms with Gasteiger partial charge >= 0.3 is 0 Å². The van der Waals surface area contributed by atoms with Crippen LogP contribution in [0.1, 0.15) is 11.1 Å². The van der Waals surface area contributed by atoms with Crippen LogP contribution >= 0.6 is 11.6 Å². The molecule has 19 heavy (non-hydrogen) atoms. The highest BCUT2D eigenvalue weighted by Gasteiger charge is 2.17. The first-order valence-electron chi connectivity index (χ1n) is 5.47. The zero-order valence-corrected chi connectivity index (χ0v) is 12.0. The fourth-order valence-electron chi connectivity index (χ4n) is 1.61. The van der Waals surface area contributed by atoms with Gasteiger partial charge in [-0.15, -0.1) is 0 Å². The Labute approximate surface area is 116 Å². The molecule has 0 saturated heterocycles. The number of anilines is 1. The topological polar surface area (TPSA) is 72.0 Å². The van der Waals surface area contributed by atoms with Crippen LogP contribution in [0.5, 0.6) is 0 Å². The number of hydrogen-bond donors (Lipinski definition) is 1. The van der Waals surface area contributed by atoms with E-state index in [9.17, 15) is 8.42 Å². The third-order valence-corrected chi connectivity index (χ3v) is 4.12. The third-order valence-electron chi connectivity index (χ3n) is 2.62. The van der Waals surface area contributed by atoms with Crippen molar-refractivity contribution in [3.8, 4) is 0 Å². The molecule has 0 bridgehead atoms. The highest BCUT2D eigenvalue weighted by atomic mass is 35.5. The maximum atomic E-state index is 12.2. The van der Waals surface area contributed by atoms with E-state index in [1.165, 1.54) is 12.4 Å². The largest absolute Gasteiger partial charge is 0.279 e. The van der Waals surface area contributed by atoms with Gasteiger partial charge in [-0.2, -0.15) is 0 Å². The predicted molar refractivity (Wildman–Crippen MR) is 73.8 cm³/mol. The summed E-state index contributed by atoms with van der Waals surface area (Å²) in [5.41, 5.74) is 2.26. The summed E-state index contributed by atoms with van der Waals surface area (Å²) < 4.78 is 26.9. The molecule has 0 aliphatic heterocycles. The number of halogens is 1. The number of aromatic nitrogens is 2. The molecular weight excluding hydrogens is 286 g/mol. The van der Waals surface area contributed by atoms with E-state index in [0.29, 0.717) is 5.69 Å². The number of benzene rings is 1. The number of rotatable bonds is 3. The zero-order valence-electron chi connectivity index (χ0n) is 10.4. The summed E-state index contributed by atoms with van der Waals surface area (Å²) in [5, 5.41) is 0.00558. The van der Waals surface area contributed by atoms with Crippen LogP contribution in [-0.4, -0.2) is 18.4 Å². The molecule has 0 fully saturated rings. The van der Waals surface area contributed by atoms with Crippen molar-refractivity contribution in [1.82, 2.24) is 9.97 Å². The molecule has 7 heteroatoms. The summed E-state index contributed by atoms with van der Waals surface area (Å²) in [5.74, 6) is 0. The summed E-state index contributed by atoms with van der Waals surface area (Å²) in [6.07, 6.45) is 2.34. The Morgan fingerprint density at radius 3 is 2.16 bits per heavy atom. The van der Waals surface area contributed by atoms with Crippen molar-refractivity contribution in [2.24, 2.45) is 0 Å². The lowest BCUT2D eigenvalue weighted by Gasteiger charge is -2.12. The van der Waals surface area contributed by atoms with Crippen molar-refractivity contribution in [3.63, 3.8) is 0 Å². The molecule has 2 aromatic rings. The predicted octanol–water partition coefficient (Wildman–Crippen LogP) is 2.55. The lowest BCUT2D eigenvalue weighted by molar-refractivity contribution is 0.600. The molecule has 2 rings (SSSR count). The van der Waals surface area contributed by atoms with Gasteiger partial charge in [-0.1, -0.05) is 18.2 Å². The molecule has 0 aliphatic rings. The van der Waals surface area contributed by atoms with E-state index in [0.717, 1.165) is 11.1 Å². The second-order valence-electron chi connectivity index (χ2n) is 4.06. The van der Waals surface area contributed by atoms with Crippen LogP contribution in [0.4, 0.5) is 5.69 Å². The van der Waals surface area contributed by atoms with Gasteiger partial charge in [0, 0.05) is 0 Å². The molecule has 0 atom stereocenters. The van der Waals surface area contributed by atoms with Gasteiger partial charge in [0.1, 0.15) is 4.90 Å². The number of hydrogen-bond acceptors (Lipinski definition) is 4.